The van der Waals surface area contributed by atoms with Crippen LogP contribution in [0.25, 0.3) is 0 Å². The van der Waals surface area contributed by atoms with Crippen molar-refractivity contribution >= 4 is 40.9 Å². The van der Waals surface area contributed by atoms with Gasteiger partial charge in [-0.05, 0) is 42.0 Å². The van der Waals surface area contributed by atoms with E-state index in [1.54, 1.807) is 35.7 Å². The van der Waals surface area contributed by atoms with E-state index in [4.69, 9.17) is 26.3 Å². The van der Waals surface area contributed by atoms with E-state index in [1.165, 1.54) is 12.1 Å². The normalized spacial score (nSPS) is 14.1. The zero-order valence-corrected chi connectivity index (χ0v) is 18.7. The molecular weight excluding hydrogens is 441 g/mol. The van der Waals surface area contributed by atoms with Gasteiger partial charge in [0.2, 0.25) is 0 Å². The Morgan fingerprint density at radius 3 is 2.40 bits per heavy atom. The zero-order valence-electron chi connectivity index (χ0n) is 16.3. The Bertz CT molecular complexity index is 899. The Morgan fingerprint density at radius 1 is 0.933 bits per heavy atom. The Labute approximate surface area is 189 Å². The molecule has 1 saturated heterocycles. The minimum absolute atomic E-state index is 0.226. The van der Waals surface area contributed by atoms with Crippen LogP contribution >= 0.6 is 35.1 Å². The third-order valence-corrected chi connectivity index (χ3v) is 6.78. The second-order valence-corrected chi connectivity index (χ2v) is 9.18. The number of hydrogen-bond acceptors (Lipinski definition) is 6. The molecule has 8 heteroatoms. The highest BCUT2D eigenvalue weighted by molar-refractivity contribution is 7.98. The smallest absolute Gasteiger partial charge is 0.190 e. The lowest BCUT2D eigenvalue weighted by Gasteiger charge is -2.28. The summed E-state index contributed by atoms with van der Waals surface area (Å²) in [4.78, 5) is 12.9. The molecule has 0 aliphatic carbocycles. The summed E-state index contributed by atoms with van der Waals surface area (Å²) in [5, 5.41) is 1.46. The quantitative estimate of drug-likeness (QED) is 0.332. The van der Waals surface area contributed by atoms with Crippen LogP contribution in [0.5, 0.6) is 0 Å². The Hall–Kier alpha value is -1.80. The zero-order chi connectivity index (χ0) is 20.8. The number of thioether (sulfide) groups is 2. The molecule has 30 heavy (non-hydrogen) atoms. The predicted molar refractivity (Wildman–Crippen MR) is 122 cm³/mol. The number of anilines is 1. The highest BCUT2D eigenvalue weighted by Gasteiger charge is 2.15. The van der Waals surface area contributed by atoms with Crippen LogP contribution in [0, 0.1) is 5.82 Å². The second kappa shape index (κ2) is 10.5. The SMILES string of the molecule is Fc1ccc(CSc2nc(CSc3ccc(Cl)cc3)cc(N3CCOCC3)n2)cc1. The Balaban J connectivity index is 1.50. The van der Waals surface area contributed by atoms with Crippen molar-refractivity contribution in [1.29, 1.82) is 0 Å². The number of hydrogen-bond donors (Lipinski definition) is 0. The molecule has 2 aromatic carbocycles. The molecule has 156 valence electrons. The number of rotatable bonds is 7. The van der Waals surface area contributed by atoms with Crippen molar-refractivity contribution in [3.63, 3.8) is 0 Å². The summed E-state index contributed by atoms with van der Waals surface area (Å²) in [6.45, 7) is 3.06. The van der Waals surface area contributed by atoms with Crippen LogP contribution in [0.2, 0.25) is 5.02 Å². The first-order chi connectivity index (χ1) is 14.7. The van der Waals surface area contributed by atoms with E-state index < -0.39 is 0 Å². The fraction of sp³-hybridized carbons (Fsp3) is 0.273. The molecule has 0 unspecified atom stereocenters. The van der Waals surface area contributed by atoms with Gasteiger partial charge in [0, 0.05) is 40.6 Å². The standard InChI is InChI=1S/C22H21ClFN3OS2/c23-17-3-7-20(8-4-17)29-15-19-13-21(27-9-11-28-12-10-27)26-22(25-19)30-14-16-1-5-18(24)6-2-16/h1-8,13H,9-12,14-15H2. The molecule has 0 atom stereocenters. The van der Waals surface area contributed by atoms with Crippen molar-refractivity contribution in [3.05, 3.63) is 76.7 Å². The predicted octanol–water partition coefficient (Wildman–Crippen LogP) is 5.69. The number of halogens is 2. The van der Waals surface area contributed by atoms with Crippen LogP contribution in [0.1, 0.15) is 11.3 Å². The van der Waals surface area contributed by atoms with Crippen molar-refractivity contribution in [2.24, 2.45) is 0 Å². The number of morpholine rings is 1. The van der Waals surface area contributed by atoms with Crippen LogP contribution in [0.4, 0.5) is 10.2 Å². The van der Waals surface area contributed by atoms with E-state index in [1.807, 2.05) is 24.3 Å². The molecule has 1 aliphatic heterocycles. The van der Waals surface area contributed by atoms with Crippen LogP contribution in [0.3, 0.4) is 0 Å². The fourth-order valence-corrected chi connectivity index (χ4v) is 4.71. The Kier molecular flexibility index (Phi) is 7.49. The minimum atomic E-state index is -0.226. The molecule has 4 nitrogen and oxygen atoms in total. The molecule has 0 bridgehead atoms. The maximum absolute atomic E-state index is 13.2. The van der Waals surface area contributed by atoms with Gasteiger partial charge in [0.1, 0.15) is 11.6 Å². The van der Waals surface area contributed by atoms with Crippen molar-refractivity contribution in [3.8, 4) is 0 Å². The first kappa shape index (κ1) is 21.4. The van der Waals surface area contributed by atoms with E-state index in [2.05, 4.69) is 11.0 Å². The van der Waals surface area contributed by atoms with E-state index >= 15 is 0 Å². The number of aromatic nitrogens is 2. The first-order valence-electron chi connectivity index (χ1n) is 9.62. The van der Waals surface area contributed by atoms with Gasteiger partial charge in [0.15, 0.2) is 5.16 Å². The number of nitrogens with zero attached hydrogens (tertiary/aromatic N) is 3. The van der Waals surface area contributed by atoms with E-state index in [0.717, 1.165) is 51.0 Å². The molecule has 0 spiro atoms. The van der Waals surface area contributed by atoms with Crippen LogP contribution in [-0.4, -0.2) is 36.3 Å². The lowest BCUT2D eigenvalue weighted by Crippen LogP contribution is -2.37. The monoisotopic (exact) mass is 461 g/mol. The van der Waals surface area contributed by atoms with Gasteiger partial charge in [-0.25, -0.2) is 14.4 Å². The molecule has 0 amide bonds. The number of ether oxygens (including phenoxy) is 1. The summed E-state index contributed by atoms with van der Waals surface area (Å²) in [6.07, 6.45) is 0. The largest absolute Gasteiger partial charge is 0.378 e. The van der Waals surface area contributed by atoms with E-state index in [-0.39, 0.29) is 5.82 Å². The summed E-state index contributed by atoms with van der Waals surface area (Å²) in [5.41, 5.74) is 2.02. The molecule has 0 radical (unpaired) electrons. The summed E-state index contributed by atoms with van der Waals surface area (Å²) < 4.78 is 18.6. The van der Waals surface area contributed by atoms with E-state index in [9.17, 15) is 4.39 Å². The van der Waals surface area contributed by atoms with Crippen molar-refractivity contribution in [2.75, 3.05) is 31.2 Å². The summed E-state index contributed by atoms with van der Waals surface area (Å²) in [7, 11) is 0. The summed E-state index contributed by atoms with van der Waals surface area (Å²) in [6, 6.07) is 16.4. The van der Waals surface area contributed by atoms with Gasteiger partial charge in [-0.15, -0.1) is 11.8 Å². The molecule has 0 N–H and O–H groups in total. The van der Waals surface area contributed by atoms with E-state index in [0.29, 0.717) is 19.0 Å². The van der Waals surface area contributed by atoms with Gasteiger partial charge in [-0.3, -0.25) is 0 Å². The molecule has 0 saturated carbocycles. The highest BCUT2D eigenvalue weighted by Crippen LogP contribution is 2.28. The molecule has 4 rings (SSSR count). The molecule has 1 aromatic heterocycles. The molecule has 1 fully saturated rings. The third-order valence-electron chi connectivity index (χ3n) is 4.56. The fourth-order valence-electron chi connectivity index (χ4n) is 2.97. The van der Waals surface area contributed by atoms with Gasteiger partial charge in [0.05, 0.1) is 18.9 Å². The average molecular weight is 462 g/mol. The van der Waals surface area contributed by atoms with Gasteiger partial charge < -0.3 is 9.64 Å². The second-order valence-electron chi connectivity index (χ2n) is 6.76. The first-order valence-corrected chi connectivity index (χ1v) is 12.0. The molecule has 1 aliphatic rings. The molecular formula is C22H21ClFN3OS2. The van der Waals surface area contributed by atoms with Gasteiger partial charge >= 0.3 is 0 Å². The number of benzene rings is 2. The van der Waals surface area contributed by atoms with Crippen LogP contribution in [-0.2, 0) is 16.2 Å². The lowest BCUT2D eigenvalue weighted by molar-refractivity contribution is 0.122. The van der Waals surface area contributed by atoms with Crippen LogP contribution in [0.15, 0.2) is 64.6 Å². The summed E-state index contributed by atoms with van der Waals surface area (Å²) >= 11 is 9.27. The topological polar surface area (TPSA) is 38.2 Å². The van der Waals surface area contributed by atoms with Crippen molar-refractivity contribution in [2.45, 2.75) is 21.6 Å². The summed E-state index contributed by atoms with van der Waals surface area (Å²) in [5.74, 6) is 2.14. The average Bonchev–Trinajstić information content (AvgIpc) is 2.79. The van der Waals surface area contributed by atoms with Gasteiger partial charge in [0.25, 0.3) is 0 Å². The minimum Gasteiger partial charge on any atom is -0.378 e. The Morgan fingerprint density at radius 2 is 1.67 bits per heavy atom. The molecule has 2 heterocycles. The lowest BCUT2D eigenvalue weighted by atomic mass is 10.2. The van der Waals surface area contributed by atoms with Gasteiger partial charge in [-0.2, -0.15) is 0 Å². The maximum atomic E-state index is 13.2. The van der Waals surface area contributed by atoms with Gasteiger partial charge in [-0.1, -0.05) is 35.5 Å². The molecule has 3 aromatic rings. The van der Waals surface area contributed by atoms with Crippen molar-refractivity contribution < 1.29 is 9.13 Å². The maximum Gasteiger partial charge on any atom is 0.190 e. The van der Waals surface area contributed by atoms with Crippen LogP contribution < -0.4 is 4.90 Å². The third kappa shape index (κ3) is 6.11. The highest BCUT2D eigenvalue weighted by atomic mass is 35.5. The van der Waals surface area contributed by atoms with Crippen molar-refractivity contribution in [1.82, 2.24) is 9.97 Å².